The van der Waals surface area contributed by atoms with Crippen LogP contribution in [-0.2, 0) is 0 Å². The highest BCUT2D eigenvalue weighted by Gasteiger charge is 1.97. The first kappa shape index (κ1) is 12.8. The Bertz CT molecular complexity index is 589. The van der Waals surface area contributed by atoms with Gasteiger partial charge in [-0.1, -0.05) is 48.5 Å². The molecule has 1 heterocycles. The third-order valence-corrected chi connectivity index (χ3v) is 2.39. The molecule has 0 saturated heterocycles. The number of carbonyl (C=O) groups is 1. The highest BCUT2D eigenvalue weighted by Crippen LogP contribution is 2.14. The fourth-order valence-corrected chi connectivity index (χ4v) is 1.48. The van der Waals surface area contributed by atoms with Crippen molar-refractivity contribution in [2.75, 3.05) is 0 Å². The van der Waals surface area contributed by atoms with Crippen LogP contribution < -0.4 is 0 Å². The van der Waals surface area contributed by atoms with E-state index in [9.17, 15) is 4.79 Å². The summed E-state index contributed by atoms with van der Waals surface area (Å²) in [4.78, 5) is 14.0. The number of carbonyl (C=O) groups excluding carboxylic acids is 1. The lowest BCUT2D eigenvalue weighted by molar-refractivity contribution is 0.112. The molecular formula is C16H13NO2. The van der Waals surface area contributed by atoms with Crippen LogP contribution in [-0.4, -0.2) is 11.3 Å². The smallest absolute Gasteiger partial charge is 0.225 e. The van der Waals surface area contributed by atoms with Gasteiger partial charge in [0.15, 0.2) is 0 Å². The largest absolute Gasteiger partial charge is 0.445 e. The molecule has 0 amide bonds. The van der Waals surface area contributed by atoms with E-state index in [-0.39, 0.29) is 0 Å². The molecule has 0 aliphatic carbocycles. The van der Waals surface area contributed by atoms with Crippen molar-refractivity contribution in [3.8, 4) is 11.5 Å². The summed E-state index contributed by atoms with van der Waals surface area (Å²) in [5.41, 5.74) is 1.74. The second kappa shape index (κ2) is 6.91. The SMILES string of the molecule is O=Cc1ccccc1.c1ccc(-c2ncco2)cc1. The maximum absolute atomic E-state index is 10.0. The van der Waals surface area contributed by atoms with E-state index in [0.29, 0.717) is 5.89 Å². The second-order valence-electron chi connectivity index (χ2n) is 3.73. The molecule has 19 heavy (non-hydrogen) atoms. The summed E-state index contributed by atoms with van der Waals surface area (Å²) in [5, 5.41) is 0. The van der Waals surface area contributed by atoms with Crippen molar-refractivity contribution in [2.24, 2.45) is 0 Å². The van der Waals surface area contributed by atoms with Crippen molar-refractivity contribution in [3.05, 3.63) is 78.7 Å². The van der Waals surface area contributed by atoms with Gasteiger partial charge in [0.2, 0.25) is 5.89 Å². The zero-order chi connectivity index (χ0) is 13.3. The standard InChI is InChI=1S/C9H7NO.C7H6O/c1-2-4-8(5-3-1)9-10-6-7-11-9;8-6-7-4-2-1-3-5-7/h1-7H;1-6H. The number of hydrogen-bond donors (Lipinski definition) is 0. The van der Waals surface area contributed by atoms with Gasteiger partial charge in [-0.2, -0.15) is 0 Å². The molecule has 0 spiro atoms. The Morgan fingerprint density at radius 3 is 2.00 bits per heavy atom. The number of aldehydes is 1. The average molecular weight is 251 g/mol. The van der Waals surface area contributed by atoms with Crippen molar-refractivity contribution in [1.29, 1.82) is 0 Å². The van der Waals surface area contributed by atoms with E-state index < -0.39 is 0 Å². The minimum atomic E-state index is 0.672. The monoisotopic (exact) mass is 251 g/mol. The number of rotatable bonds is 2. The number of nitrogens with zero attached hydrogens (tertiary/aromatic N) is 1. The van der Waals surface area contributed by atoms with E-state index in [1.54, 1.807) is 24.6 Å². The van der Waals surface area contributed by atoms with Gasteiger partial charge in [-0.25, -0.2) is 4.98 Å². The van der Waals surface area contributed by atoms with Crippen molar-refractivity contribution in [1.82, 2.24) is 4.98 Å². The Hall–Kier alpha value is -2.68. The summed E-state index contributed by atoms with van der Waals surface area (Å²) in [6.07, 6.45) is 4.05. The lowest BCUT2D eigenvalue weighted by Crippen LogP contribution is -1.73. The Labute approximate surface area is 111 Å². The van der Waals surface area contributed by atoms with Gasteiger partial charge in [0.05, 0.1) is 6.20 Å². The van der Waals surface area contributed by atoms with E-state index >= 15 is 0 Å². The summed E-state index contributed by atoms with van der Waals surface area (Å²) in [6.45, 7) is 0. The van der Waals surface area contributed by atoms with Gasteiger partial charge in [0, 0.05) is 11.1 Å². The lowest BCUT2D eigenvalue weighted by atomic mass is 10.2. The van der Waals surface area contributed by atoms with Gasteiger partial charge in [-0.15, -0.1) is 0 Å². The third kappa shape index (κ3) is 3.92. The molecule has 94 valence electrons. The molecule has 0 unspecified atom stereocenters. The van der Waals surface area contributed by atoms with Crippen LogP contribution in [0.5, 0.6) is 0 Å². The lowest BCUT2D eigenvalue weighted by Gasteiger charge is -1.91. The highest BCUT2D eigenvalue weighted by atomic mass is 16.3. The zero-order valence-electron chi connectivity index (χ0n) is 10.3. The van der Waals surface area contributed by atoms with Gasteiger partial charge < -0.3 is 4.42 Å². The molecule has 0 saturated carbocycles. The predicted molar refractivity (Wildman–Crippen MR) is 73.8 cm³/mol. The van der Waals surface area contributed by atoms with Gasteiger partial charge in [-0.3, -0.25) is 4.79 Å². The first-order valence-corrected chi connectivity index (χ1v) is 5.85. The van der Waals surface area contributed by atoms with Crippen molar-refractivity contribution < 1.29 is 9.21 Å². The second-order valence-corrected chi connectivity index (χ2v) is 3.73. The first-order valence-electron chi connectivity index (χ1n) is 5.85. The predicted octanol–water partition coefficient (Wildman–Crippen LogP) is 3.84. The number of aromatic nitrogens is 1. The number of oxazole rings is 1. The van der Waals surface area contributed by atoms with Crippen LogP contribution in [0, 0.1) is 0 Å². The molecule has 3 rings (SSSR count). The van der Waals surface area contributed by atoms with Gasteiger partial charge >= 0.3 is 0 Å². The summed E-state index contributed by atoms with van der Waals surface area (Å²) in [6, 6.07) is 18.9. The Morgan fingerprint density at radius 2 is 1.53 bits per heavy atom. The first-order chi connectivity index (χ1) is 9.40. The quantitative estimate of drug-likeness (QED) is 0.650. The third-order valence-electron chi connectivity index (χ3n) is 2.39. The molecule has 0 radical (unpaired) electrons. The Kier molecular flexibility index (Phi) is 4.64. The van der Waals surface area contributed by atoms with E-state index in [1.807, 2.05) is 48.5 Å². The summed E-state index contributed by atoms with van der Waals surface area (Å²) < 4.78 is 5.11. The summed E-state index contributed by atoms with van der Waals surface area (Å²) in [7, 11) is 0. The zero-order valence-corrected chi connectivity index (χ0v) is 10.3. The average Bonchev–Trinajstić information content (AvgIpc) is 3.04. The topological polar surface area (TPSA) is 43.1 Å². The van der Waals surface area contributed by atoms with Crippen LogP contribution in [0.4, 0.5) is 0 Å². The molecule has 1 aromatic heterocycles. The normalized spacial score (nSPS) is 9.26. The molecule has 3 nitrogen and oxygen atoms in total. The Balaban J connectivity index is 0.000000148. The van der Waals surface area contributed by atoms with Crippen molar-refractivity contribution in [3.63, 3.8) is 0 Å². The fraction of sp³-hybridized carbons (Fsp3) is 0. The van der Waals surface area contributed by atoms with E-state index in [4.69, 9.17) is 4.42 Å². The van der Waals surface area contributed by atoms with Gasteiger partial charge in [0.25, 0.3) is 0 Å². The molecule has 0 aliphatic heterocycles. The van der Waals surface area contributed by atoms with E-state index in [2.05, 4.69) is 4.98 Å². The van der Waals surface area contributed by atoms with Crippen LogP contribution in [0.1, 0.15) is 10.4 Å². The van der Waals surface area contributed by atoms with Crippen LogP contribution >= 0.6 is 0 Å². The van der Waals surface area contributed by atoms with Crippen molar-refractivity contribution >= 4 is 6.29 Å². The summed E-state index contributed by atoms with van der Waals surface area (Å²) in [5.74, 6) is 0.672. The molecule has 2 aromatic carbocycles. The molecule has 0 atom stereocenters. The molecule has 0 N–H and O–H groups in total. The maximum Gasteiger partial charge on any atom is 0.225 e. The minimum absolute atomic E-state index is 0.672. The van der Waals surface area contributed by atoms with Gasteiger partial charge in [0.1, 0.15) is 12.5 Å². The van der Waals surface area contributed by atoms with Crippen molar-refractivity contribution in [2.45, 2.75) is 0 Å². The van der Waals surface area contributed by atoms with Crippen LogP contribution in [0.2, 0.25) is 0 Å². The molecule has 3 aromatic rings. The number of benzene rings is 2. The maximum atomic E-state index is 10.0. The van der Waals surface area contributed by atoms with Gasteiger partial charge in [-0.05, 0) is 12.1 Å². The van der Waals surface area contributed by atoms with Crippen LogP contribution in [0.3, 0.4) is 0 Å². The Morgan fingerprint density at radius 1 is 0.895 bits per heavy atom. The van der Waals surface area contributed by atoms with E-state index in [0.717, 1.165) is 17.4 Å². The number of hydrogen-bond acceptors (Lipinski definition) is 3. The molecule has 0 bridgehead atoms. The summed E-state index contributed by atoms with van der Waals surface area (Å²) >= 11 is 0. The highest BCUT2D eigenvalue weighted by molar-refractivity contribution is 5.74. The van der Waals surface area contributed by atoms with E-state index in [1.165, 1.54) is 0 Å². The van der Waals surface area contributed by atoms with Crippen LogP contribution in [0.15, 0.2) is 77.5 Å². The van der Waals surface area contributed by atoms with Crippen LogP contribution in [0.25, 0.3) is 11.5 Å². The minimum Gasteiger partial charge on any atom is -0.445 e. The molecular weight excluding hydrogens is 238 g/mol. The molecule has 0 aliphatic rings. The fourth-order valence-electron chi connectivity index (χ4n) is 1.48. The molecule has 0 fully saturated rings. The molecule has 3 heteroatoms.